The maximum atomic E-state index is 13.1. The number of aromatic hydroxyl groups is 1. The van der Waals surface area contributed by atoms with Crippen LogP contribution in [0.1, 0.15) is 109 Å². The number of phenols is 1. The number of hydrogen-bond acceptors (Lipinski definition) is 2. The number of aryl methyl sites for hydroxylation is 1. The first kappa shape index (κ1) is 27.0. The summed E-state index contributed by atoms with van der Waals surface area (Å²) in [6.07, 6.45) is 12.2. The molecule has 0 bridgehead atoms. The molecule has 0 saturated heterocycles. The van der Waals surface area contributed by atoms with E-state index in [-0.39, 0.29) is 16.7 Å². The van der Waals surface area contributed by atoms with Crippen LogP contribution >= 0.6 is 0 Å². The predicted octanol–water partition coefficient (Wildman–Crippen LogP) is 8.44. The van der Waals surface area contributed by atoms with E-state index in [0.29, 0.717) is 30.4 Å². The van der Waals surface area contributed by atoms with Gasteiger partial charge in [-0.3, -0.25) is 4.79 Å². The van der Waals surface area contributed by atoms with E-state index in [1.54, 1.807) is 5.57 Å². The van der Waals surface area contributed by atoms with Crippen LogP contribution in [0.15, 0.2) is 29.4 Å². The summed E-state index contributed by atoms with van der Waals surface area (Å²) >= 11 is 0. The third-order valence-electron chi connectivity index (χ3n) is 10.4. The van der Waals surface area contributed by atoms with Gasteiger partial charge in [-0.1, -0.05) is 71.8 Å². The zero-order valence-corrected chi connectivity index (χ0v) is 23.9. The second-order valence-corrected chi connectivity index (χ2v) is 13.7. The number of fused-ring (bicyclic) bond motifs is 3. The largest absolute Gasteiger partial charge is 0.507 e. The lowest BCUT2D eigenvalue weighted by molar-refractivity contribution is -0.166. The van der Waals surface area contributed by atoms with Crippen molar-refractivity contribution < 1.29 is 15.0 Å². The van der Waals surface area contributed by atoms with Crippen molar-refractivity contribution in [1.29, 1.82) is 0 Å². The van der Waals surface area contributed by atoms with E-state index < -0.39 is 11.4 Å². The quantitative estimate of drug-likeness (QED) is 0.433. The molecule has 1 fully saturated rings. The highest BCUT2D eigenvalue weighted by atomic mass is 16.4. The molecule has 3 aliphatic rings. The molecule has 198 valence electrons. The van der Waals surface area contributed by atoms with E-state index in [1.807, 2.05) is 6.92 Å². The maximum absolute atomic E-state index is 13.1. The van der Waals surface area contributed by atoms with Crippen molar-refractivity contribution in [1.82, 2.24) is 0 Å². The molecule has 4 atom stereocenters. The van der Waals surface area contributed by atoms with E-state index in [2.05, 4.69) is 66.7 Å². The smallest absolute Gasteiger partial charge is 0.309 e. The molecule has 0 aromatic heterocycles. The van der Waals surface area contributed by atoms with Gasteiger partial charge in [0.15, 0.2) is 0 Å². The van der Waals surface area contributed by atoms with Gasteiger partial charge in [-0.05, 0) is 115 Å². The van der Waals surface area contributed by atoms with Crippen LogP contribution in [0.5, 0.6) is 5.75 Å². The van der Waals surface area contributed by atoms with Crippen LogP contribution in [0.3, 0.4) is 0 Å². The molecule has 3 heteroatoms. The monoisotopic (exact) mass is 492 g/mol. The number of carbonyl (C=O) groups is 1. The van der Waals surface area contributed by atoms with Crippen LogP contribution in [0.2, 0.25) is 0 Å². The number of aliphatic carboxylic acids is 1. The molecule has 36 heavy (non-hydrogen) atoms. The van der Waals surface area contributed by atoms with Crippen molar-refractivity contribution in [3.05, 3.63) is 51.6 Å². The average Bonchev–Trinajstić information content (AvgIpc) is 2.79. The summed E-state index contributed by atoms with van der Waals surface area (Å²) in [6.45, 7) is 17.5. The van der Waals surface area contributed by atoms with Gasteiger partial charge in [0, 0.05) is 0 Å². The summed E-state index contributed by atoms with van der Waals surface area (Å²) in [6, 6.07) is 2.12. The molecule has 3 nitrogen and oxygen atoms in total. The van der Waals surface area contributed by atoms with Crippen LogP contribution in [-0.2, 0) is 16.6 Å². The average molecular weight is 493 g/mol. The Labute approximate surface area is 219 Å². The summed E-state index contributed by atoms with van der Waals surface area (Å²) in [5.74, 6) is 0.962. The van der Waals surface area contributed by atoms with Gasteiger partial charge in [0.05, 0.1) is 5.41 Å². The van der Waals surface area contributed by atoms with E-state index in [9.17, 15) is 15.0 Å². The van der Waals surface area contributed by atoms with Crippen molar-refractivity contribution >= 4 is 5.97 Å². The Morgan fingerprint density at radius 3 is 2.50 bits per heavy atom. The number of allylic oxidation sites excluding steroid dienone is 4. The van der Waals surface area contributed by atoms with Crippen molar-refractivity contribution in [3.63, 3.8) is 0 Å². The highest BCUT2D eigenvalue weighted by Crippen LogP contribution is 2.63. The SMILES string of the molecule is Cc1cc(C(C)(C)C)c(O)c(C)c1CC[C@]1(C(=O)O)CCC[C@@]2(C)C1CC=C1C=C(C(C)C)CC[C@H]12. The Bertz CT molecular complexity index is 1100. The molecule has 0 radical (unpaired) electrons. The molecular weight excluding hydrogens is 444 g/mol. The van der Waals surface area contributed by atoms with Gasteiger partial charge in [0.1, 0.15) is 5.75 Å². The number of carboxylic acids is 1. The van der Waals surface area contributed by atoms with Gasteiger partial charge in [-0.25, -0.2) is 0 Å². The molecule has 3 aliphatic carbocycles. The standard InChI is InChI=1S/C33H48O3/c1-20(2)23-10-12-26-24(19-23)11-13-28-32(26,8)15-9-16-33(28,30(35)36)17-14-25-21(3)18-27(31(5,6)7)29(34)22(25)4/h11,18-20,26,28,34H,9-10,12-17H2,1-8H3,(H,35,36)/t26-,28?,32-,33-/m1/s1. The summed E-state index contributed by atoms with van der Waals surface area (Å²) in [5, 5.41) is 21.8. The molecule has 0 spiro atoms. The maximum Gasteiger partial charge on any atom is 0.309 e. The highest BCUT2D eigenvalue weighted by molar-refractivity contribution is 5.76. The molecule has 0 aliphatic heterocycles. The zero-order chi connectivity index (χ0) is 26.6. The first-order valence-corrected chi connectivity index (χ1v) is 14.2. The second-order valence-electron chi connectivity index (χ2n) is 13.7. The predicted molar refractivity (Wildman–Crippen MR) is 148 cm³/mol. The Balaban J connectivity index is 1.69. The van der Waals surface area contributed by atoms with E-state index in [1.165, 1.54) is 11.1 Å². The van der Waals surface area contributed by atoms with Gasteiger partial charge in [-0.15, -0.1) is 0 Å². The Hall–Kier alpha value is -2.03. The van der Waals surface area contributed by atoms with Gasteiger partial charge in [0.25, 0.3) is 0 Å². The molecule has 1 aromatic rings. The molecule has 1 saturated carbocycles. The number of hydrogen-bond donors (Lipinski definition) is 2. The van der Waals surface area contributed by atoms with Crippen LogP contribution in [0.25, 0.3) is 0 Å². The van der Waals surface area contributed by atoms with Crippen LogP contribution in [0.4, 0.5) is 0 Å². The van der Waals surface area contributed by atoms with Gasteiger partial charge < -0.3 is 10.2 Å². The van der Waals surface area contributed by atoms with Crippen LogP contribution < -0.4 is 0 Å². The topological polar surface area (TPSA) is 57.5 Å². The highest BCUT2D eigenvalue weighted by Gasteiger charge is 2.59. The van der Waals surface area contributed by atoms with E-state index >= 15 is 0 Å². The van der Waals surface area contributed by atoms with Gasteiger partial charge in [-0.2, -0.15) is 0 Å². The minimum Gasteiger partial charge on any atom is -0.507 e. The molecule has 4 rings (SSSR count). The van der Waals surface area contributed by atoms with Crippen LogP contribution in [0, 0.1) is 42.4 Å². The van der Waals surface area contributed by atoms with Gasteiger partial charge >= 0.3 is 5.97 Å². The first-order chi connectivity index (χ1) is 16.7. The molecule has 1 aromatic carbocycles. The third-order valence-corrected chi connectivity index (χ3v) is 10.4. The third kappa shape index (κ3) is 4.35. The normalized spacial score (nSPS) is 30.4. The van der Waals surface area contributed by atoms with Crippen molar-refractivity contribution in [3.8, 4) is 5.75 Å². The summed E-state index contributed by atoms with van der Waals surface area (Å²) in [4.78, 5) is 13.1. The Kier molecular flexibility index (Phi) is 7.03. The number of phenolic OH excluding ortho intramolecular Hbond substituents is 1. The minimum absolute atomic E-state index is 0.0298. The van der Waals surface area contributed by atoms with Crippen LogP contribution in [-0.4, -0.2) is 16.2 Å². The lowest BCUT2D eigenvalue weighted by atomic mass is 9.45. The molecule has 2 N–H and O–H groups in total. The lowest BCUT2D eigenvalue weighted by Crippen LogP contribution is -2.54. The zero-order valence-electron chi connectivity index (χ0n) is 23.9. The van der Waals surface area contributed by atoms with Gasteiger partial charge in [0.2, 0.25) is 0 Å². The fourth-order valence-electron chi connectivity index (χ4n) is 8.14. The summed E-state index contributed by atoms with van der Waals surface area (Å²) < 4.78 is 0. The van der Waals surface area contributed by atoms with Crippen molar-refractivity contribution in [2.45, 2.75) is 112 Å². The van der Waals surface area contributed by atoms with Crippen molar-refractivity contribution in [2.75, 3.05) is 0 Å². The molecule has 0 heterocycles. The lowest BCUT2D eigenvalue weighted by Gasteiger charge is -2.58. The summed E-state index contributed by atoms with van der Waals surface area (Å²) in [5.41, 5.74) is 6.38. The fraction of sp³-hybridized carbons (Fsp3) is 0.667. The first-order valence-electron chi connectivity index (χ1n) is 14.2. The van der Waals surface area contributed by atoms with E-state index in [4.69, 9.17) is 0 Å². The fourth-order valence-corrected chi connectivity index (χ4v) is 8.14. The molecule has 0 amide bonds. The number of benzene rings is 1. The number of carboxylic acid groups (broad SMARTS) is 1. The number of rotatable bonds is 5. The second kappa shape index (κ2) is 9.37. The minimum atomic E-state index is -0.714. The molecule has 1 unspecified atom stereocenters. The Morgan fingerprint density at radius 2 is 1.89 bits per heavy atom. The summed E-state index contributed by atoms with van der Waals surface area (Å²) in [7, 11) is 0. The van der Waals surface area contributed by atoms with E-state index in [0.717, 1.165) is 55.2 Å². The molecular formula is C33H48O3. The van der Waals surface area contributed by atoms with Crippen molar-refractivity contribution in [2.24, 2.45) is 28.6 Å². The Morgan fingerprint density at radius 1 is 1.19 bits per heavy atom.